The normalized spacial score (nSPS) is 39.9. The molecule has 3 unspecified atom stereocenters. The molecule has 2 fully saturated rings. The van der Waals surface area contributed by atoms with Crippen LogP contribution < -0.4 is 0 Å². The van der Waals surface area contributed by atoms with E-state index in [4.69, 9.17) is 0 Å². The molecule has 1 aliphatic carbocycles. The Morgan fingerprint density at radius 3 is 2.68 bits per heavy atom. The van der Waals surface area contributed by atoms with Crippen molar-refractivity contribution in [3.63, 3.8) is 0 Å². The van der Waals surface area contributed by atoms with E-state index in [0.29, 0.717) is 0 Å². The number of nitrogens with zero attached hydrogens (tertiary/aromatic N) is 2. The monoisotopic (exact) mass is 259 g/mol. The Morgan fingerprint density at radius 2 is 1.95 bits per heavy atom. The fourth-order valence-electron chi connectivity index (χ4n) is 4.27. The molecule has 1 saturated carbocycles. The molecule has 0 amide bonds. The van der Waals surface area contributed by atoms with Crippen LogP contribution in [-0.2, 0) is 0 Å². The third-order valence-corrected chi connectivity index (χ3v) is 5.64. The van der Waals surface area contributed by atoms with Gasteiger partial charge in [0.1, 0.15) is 21.4 Å². The van der Waals surface area contributed by atoms with Gasteiger partial charge in [0, 0.05) is 6.42 Å². The number of fused-ring (bicyclic) bond motifs is 1. The van der Waals surface area contributed by atoms with Crippen molar-refractivity contribution in [2.75, 3.05) is 14.1 Å². The van der Waals surface area contributed by atoms with E-state index < -0.39 is 0 Å². The first-order chi connectivity index (χ1) is 9.15. The molecule has 19 heavy (non-hydrogen) atoms. The lowest BCUT2D eigenvalue weighted by Crippen LogP contribution is -2.43. The number of hydrogen-bond acceptors (Lipinski definition) is 0. The van der Waals surface area contributed by atoms with Gasteiger partial charge in [0.15, 0.2) is 12.3 Å². The summed E-state index contributed by atoms with van der Waals surface area (Å²) in [6.07, 6.45) is 13.2. The van der Waals surface area contributed by atoms with E-state index >= 15 is 0 Å². The van der Waals surface area contributed by atoms with Crippen LogP contribution in [0.4, 0.5) is 0 Å². The fraction of sp³-hybridized carbons (Fsp3) is 0.875. The molecule has 1 radical (unpaired) electrons. The van der Waals surface area contributed by atoms with Gasteiger partial charge in [-0.2, -0.15) is 9.15 Å². The summed E-state index contributed by atoms with van der Waals surface area (Å²) in [6, 6.07) is 0.739. The molecule has 2 aliphatic heterocycles. The van der Waals surface area contributed by atoms with E-state index in [0.717, 1.165) is 29.6 Å². The van der Waals surface area contributed by atoms with E-state index in [1.807, 2.05) is 0 Å². The Morgan fingerprint density at radius 1 is 1.21 bits per heavy atom. The molecule has 0 aromatic rings. The third kappa shape index (κ3) is 2.95. The highest BCUT2D eigenvalue weighted by Gasteiger charge is 2.41. The predicted molar refractivity (Wildman–Crippen MR) is 81.8 cm³/mol. The molecule has 3 rings (SSSR count). The van der Waals surface area contributed by atoms with Crippen LogP contribution in [0.25, 0.3) is 0 Å². The minimum Gasteiger partial charge on any atom is -0.180 e. The van der Waals surface area contributed by atoms with E-state index in [2.05, 4.69) is 50.0 Å². The van der Waals surface area contributed by atoms with Gasteiger partial charge in [-0.1, -0.05) is 31.9 Å². The van der Waals surface area contributed by atoms with Crippen LogP contribution >= 0.6 is 0 Å². The van der Waals surface area contributed by atoms with Gasteiger partial charge in [0.2, 0.25) is 0 Å². The average molecular weight is 259 g/mol. The smallest absolute Gasteiger partial charge is 0.180 e. The van der Waals surface area contributed by atoms with Crippen LogP contribution in [0.1, 0.15) is 39.0 Å². The molecule has 0 N–H and O–H groups in total. The molecule has 0 aromatic carbocycles. The summed E-state index contributed by atoms with van der Waals surface area (Å²) in [5.41, 5.74) is 0. The maximum atomic E-state index is 2.51. The van der Waals surface area contributed by atoms with Crippen molar-refractivity contribution in [3.8, 4) is 0 Å². The summed E-state index contributed by atoms with van der Waals surface area (Å²) < 4.78 is 4.74. The number of rotatable bonds is 2. The largest absolute Gasteiger partial charge is 0.400 e. The summed E-state index contributed by atoms with van der Waals surface area (Å²) >= 11 is 0. The molecule has 3 aliphatic rings. The fourth-order valence-corrected chi connectivity index (χ4v) is 4.27. The highest BCUT2D eigenvalue weighted by atomic mass is 15.1. The Kier molecular flexibility index (Phi) is 3.82. The molecule has 1 saturated heterocycles. The van der Waals surface area contributed by atoms with E-state index in [1.165, 1.54) is 38.4 Å². The standard InChI is InChI=1S/C16H28BN2/c1-12(15-9-17-15)13-6-4-5-7-14-10-18(2)11-19(3)16(14)8-13/h10-16H,4-9H2,1-3H3/q+2/t12-,13?,14?,15-,16?/m1/s1. The van der Waals surface area contributed by atoms with Crippen LogP contribution in [0, 0.1) is 17.8 Å². The second kappa shape index (κ2) is 5.42. The zero-order valence-corrected chi connectivity index (χ0v) is 12.8. The quantitative estimate of drug-likeness (QED) is 0.531. The highest BCUT2D eigenvalue weighted by molar-refractivity contribution is 6.50. The molecule has 0 spiro atoms. The Bertz CT molecular complexity index is 398. The Labute approximate surface area is 118 Å². The maximum absolute atomic E-state index is 2.51. The highest BCUT2D eigenvalue weighted by Crippen LogP contribution is 2.44. The topological polar surface area (TPSA) is 6.02 Å². The first kappa shape index (κ1) is 13.4. The van der Waals surface area contributed by atoms with Crippen molar-refractivity contribution in [2.45, 2.75) is 57.2 Å². The van der Waals surface area contributed by atoms with Crippen molar-refractivity contribution >= 4 is 19.8 Å². The van der Waals surface area contributed by atoms with E-state index in [1.54, 1.807) is 0 Å². The first-order valence-electron chi connectivity index (χ1n) is 8.12. The van der Waals surface area contributed by atoms with Crippen molar-refractivity contribution < 1.29 is 9.15 Å². The van der Waals surface area contributed by atoms with Gasteiger partial charge in [-0.15, -0.1) is 0 Å². The van der Waals surface area contributed by atoms with E-state index in [-0.39, 0.29) is 0 Å². The van der Waals surface area contributed by atoms with Gasteiger partial charge in [-0.3, -0.25) is 0 Å². The zero-order valence-electron chi connectivity index (χ0n) is 12.8. The maximum Gasteiger partial charge on any atom is 0.400 e. The van der Waals surface area contributed by atoms with Gasteiger partial charge < -0.3 is 0 Å². The molecule has 2 nitrogen and oxygen atoms in total. The first-order valence-corrected chi connectivity index (χ1v) is 8.12. The summed E-state index contributed by atoms with van der Waals surface area (Å²) in [4.78, 5) is 0. The SMILES string of the molecule is C[C@H](C1CCCCC2C=[N+](C)C=[N+](C)C2C1)[C@@H]1[B]C1. The summed E-state index contributed by atoms with van der Waals surface area (Å²) in [5, 5.41) is 0. The molecule has 3 heteroatoms. The minimum atomic E-state index is 0.739. The lowest BCUT2D eigenvalue weighted by molar-refractivity contribution is -0.595. The predicted octanol–water partition coefficient (Wildman–Crippen LogP) is 2.51. The van der Waals surface area contributed by atoms with Crippen LogP contribution in [-0.4, -0.2) is 49.1 Å². The average Bonchev–Trinajstić information content (AvgIpc) is 3.15. The van der Waals surface area contributed by atoms with Crippen molar-refractivity contribution in [1.29, 1.82) is 0 Å². The van der Waals surface area contributed by atoms with Crippen LogP contribution in [0.15, 0.2) is 0 Å². The van der Waals surface area contributed by atoms with Crippen LogP contribution in [0.3, 0.4) is 0 Å². The van der Waals surface area contributed by atoms with Crippen LogP contribution in [0.5, 0.6) is 0 Å². The van der Waals surface area contributed by atoms with Crippen molar-refractivity contribution in [3.05, 3.63) is 0 Å². The van der Waals surface area contributed by atoms with Crippen molar-refractivity contribution in [2.24, 2.45) is 17.8 Å². The lowest BCUT2D eigenvalue weighted by atomic mass is 9.73. The molecule has 5 atom stereocenters. The van der Waals surface area contributed by atoms with E-state index in [9.17, 15) is 0 Å². The molecule has 0 bridgehead atoms. The Balaban J connectivity index is 1.75. The van der Waals surface area contributed by atoms with Gasteiger partial charge in [0.05, 0.1) is 5.92 Å². The summed E-state index contributed by atoms with van der Waals surface area (Å²) in [5.74, 6) is 3.54. The van der Waals surface area contributed by atoms with Crippen LogP contribution in [0.2, 0.25) is 12.1 Å². The molecular formula is C16H28BN2+2. The third-order valence-electron chi connectivity index (χ3n) is 5.64. The lowest BCUT2D eigenvalue weighted by Gasteiger charge is -2.31. The molecule has 2 heterocycles. The summed E-state index contributed by atoms with van der Waals surface area (Å²) in [7, 11) is 6.95. The number of hydrogen-bond donors (Lipinski definition) is 0. The van der Waals surface area contributed by atoms with Gasteiger partial charge in [0.25, 0.3) is 0 Å². The summed E-state index contributed by atoms with van der Waals surface area (Å²) in [6.45, 7) is 2.50. The van der Waals surface area contributed by atoms with Crippen molar-refractivity contribution in [1.82, 2.24) is 0 Å². The molecule has 103 valence electrons. The Hall–Kier alpha value is -0.595. The minimum absolute atomic E-state index is 0.739. The molecular weight excluding hydrogens is 231 g/mol. The van der Waals surface area contributed by atoms with Gasteiger partial charge >= 0.3 is 6.34 Å². The second-order valence-electron chi connectivity index (χ2n) is 7.10. The second-order valence-corrected chi connectivity index (χ2v) is 7.10. The zero-order chi connectivity index (χ0) is 13.4. The molecule has 0 aromatic heterocycles. The van der Waals surface area contributed by atoms with Gasteiger partial charge in [-0.25, -0.2) is 0 Å². The van der Waals surface area contributed by atoms with Gasteiger partial charge in [-0.05, 0) is 24.7 Å².